The molecule has 1 amide bonds. The summed E-state index contributed by atoms with van der Waals surface area (Å²) < 4.78 is 5.40. The lowest BCUT2D eigenvalue weighted by atomic mass is 9.87. The van der Waals surface area contributed by atoms with Crippen LogP contribution in [0.1, 0.15) is 33.6 Å². The molecule has 2 aliphatic rings. The van der Waals surface area contributed by atoms with E-state index in [1.54, 1.807) is 0 Å². The molecule has 4 heteroatoms. The van der Waals surface area contributed by atoms with Crippen LogP contribution in [0.5, 0.6) is 0 Å². The Morgan fingerprint density at radius 2 is 2.19 bits per heavy atom. The third kappa shape index (κ3) is 2.48. The second kappa shape index (κ2) is 4.24. The van der Waals surface area contributed by atoms with Gasteiger partial charge in [0.2, 0.25) is 0 Å². The fourth-order valence-electron chi connectivity index (χ4n) is 2.47. The molecule has 1 N–H and O–H groups in total. The summed E-state index contributed by atoms with van der Waals surface area (Å²) in [6.07, 6.45) is 2.12. The van der Waals surface area contributed by atoms with Crippen molar-refractivity contribution < 1.29 is 9.53 Å². The minimum absolute atomic E-state index is 0.143. The normalized spacial score (nSPS) is 30.1. The first-order valence-electron chi connectivity index (χ1n) is 6.18. The lowest BCUT2D eigenvalue weighted by molar-refractivity contribution is -0.0290. The van der Waals surface area contributed by atoms with Crippen molar-refractivity contribution in [1.29, 1.82) is 0 Å². The fourth-order valence-corrected chi connectivity index (χ4v) is 2.47. The highest BCUT2D eigenvalue weighted by molar-refractivity contribution is 5.69. The monoisotopic (exact) mass is 226 g/mol. The lowest BCUT2D eigenvalue weighted by Gasteiger charge is -2.47. The molecule has 0 aromatic heterocycles. The first-order chi connectivity index (χ1) is 7.47. The number of nitrogens with zero attached hydrogens (tertiary/aromatic N) is 1. The first-order valence-corrected chi connectivity index (χ1v) is 6.18. The van der Waals surface area contributed by atoms with E-state index in [4.69, 9.17) is 4.74 Å². The van der Waals surface area contributed by atoms with Crippen LogP contribution >= 0.6 is 0 Å². The van der Waals surface area contributed by atoms with Gasteiger partial charge in [-0.15, -0.1) is 0 Å². The van der Waals surface area contributed by atoms with E-state index < -0.39 is 0 Å². The lowest BCUT2D eigenvalue weighted by Crippen LogP contribution is -2.60. The molecule has 0 saturated carbocycles. The van der Waals surface area contributed by atoms with Gasteiger partial charge in [0.25, 0.3) is 0 Å². The molecule has 2 atom stereocenters. The summed E-state index contributed by atoms with van der Waals surface area (Å²) in [6, 6.07) is 0.407. The van der Waals surface area contributed by atoms with Crippen molar-refractivity contribution >= 4 is 6.09 Å². The van der Waals surface area contributed by atoms with Crippen molar-refractivity contribution in [2.75, 3.05) is 19.6 Å². The van der Waals surface area contributed by atoms with Crippen LogP contribution in [0.3, 0.4) is 0 Å². The third-order valence-electron chi connectivity index (χ3n) is 3.26. The van der Waals surface area contributed by atoms with Gasteiger partial charge in [0, 0.05) is 25.0 Å². The van der Waals surface area contributed by atoms with Crippen LogP contribution in [0, 0.1) is 5.92 Å². The quantitative estimate of drug-likeness (QED) is 0.682. The minimum Gasteiger partial charge on any atom is -0.444 e. The van der Waals surface area contributed by atoms with Crippen LogP contribution in [0.25, 0.3) is 0 Å². The van der Waals surface area contributed by atoms with Crippen molar-refractivity contribution in [3.05, 3.63) is 0 Å². The highest BCUT2D eigenvalue weighted by Gasteiger charge is 2.43. The van der Waals surface area contributed by atoms with E-state index in [1.165, 1.54) is 0 Å². The summed E-state index contributed by atoms with van der Waals surface area (Å²) in [5.74, 6) is 0.634. The van der Waals surface area contributed by atoms with Crippen LogP contribution in [0.2, 0.25) is 0 Å². The fraction of sp³-hybridized carbons (Fsp3) is 0.917. The number of carbonyl (C=O) groups is 1. The van der Waals surface area contributed by atoms with Gasteiger partial charge < -0.3 is 15.0 Å². The second-order valence-corrected chi connectivity index (χ2v) is 5.81. The van der Waals surface area contributed by atoms with Gasteiger partial charge in [0.05, 0.1) is 0 Å². The third-order valence-corrected chi connectivity index (χ3v) is 3.26. The predicted molar refractivity (Wildman–Crippen MR) is 62.3 cm³/mol. The number of hydrogen-bond donors (Lipinski definition) is 1. The van der Waals surface area contributed by atoms with Crippen LogP contribution in [0.15, 0.2) is 0 Å². The maximum absolute atomic E-state index is 11.9. The number of ether oxygens (including phenoxy) is 1. The molecular formula is C12H22N2O2. The summed E-state index contributed by atoms with van der Waals surface area (Å²) in [7, 11) is 0. The van der Waals surface area contributed by atoms with Gasteiger partial charge in [-0.05, 0) is 40.2 Å². The molecular weight excluding hydrogens is 204 g/mol. The Morgan fingerprint density at radius 3 is 2.88 bits per heavy atom. The zero-order valence-corrected chi connectivity index (χ0v) is 10.5. The van der Waals surface area contributed by atoms with E-state index in [-0.39, 0.29) is 11.7 Å². The van der Waals surface area contributed by atoms with Gasteiger partial charge in [-0.2, -0.15) is 0 Å². The molecule has 2 aliphatic heterocycles. The summed E-state index contributed by atoms with van der Waals surface area (Å²) in [5, 5.41) is 3.41. The SMILES string of the molecule is CC(C)(C)OC(=O)N1C[C@H]2CNCCC[C@H]21. The molecule has 0 aromatic carbocycles. The molecule has 4 nitrogen and oxygen atoms in total. The second-order valence-electron chi connectivity index (χ2n) is 5.81. The molecule has 0 unspecified atom stereocenters. The van der Waals surface area contributed by atoms with Gasteiger partial charge in [0.15, 0.2) is 0 Å². The average Bonchev–Trinajstić information content (AvgIpc) is 2.25. The average molecular weight is 226 g/mol. The number of rotatable bonds is 0. The molecule has 2 saturated heterocycles. The minimum atomic E-state index is -0.384. The topological polar surface area (TPSA) is 41.6 Å². The molecule has 2 heterocycles. The van der Waals surface area contributed by atoms with Gasteiger partial charge in [-0.3, -0.25) is 0 Å². The number of fused-ring (bicyclic) bond motifs is 1. The largest absolute Gasteiger partial charge is 0.444 e. The number of amides is 1. The standard InChI is InChI=1S/C12H22N2O2/c1-12(2,3)16-11(15)14-8-9-7-13-6-4-5-10(9)14/h9-10,13H,4-8H2,1-3H3/t9-,10-/m1/s1. The van der Waals surface area contributed by atoms with Crippen LogP contribution in [-0.4, -0.2) is 42.3 Å². The van der Waals surface area contributed by atoms with Crippen molar-refractivity contribution in [1.82, 2.24) is 10.2 Å². The Bertz CT molecular complexity index is 273. The summed E-state index contributed by atoms with van der Waals surface area (Å²) in [6.45, 7) is 8.72. The highest BCUT2D eigenvalue weighted by Crippen LogP contribution is 2.31. The highest BCUT2D eigenvalue weighted by atomic mass is 16.6. The van der Waals surface area contributed by atoms with E-state index in [9.17, 15) is 4.79 Å². The van der Waals surface area contributed by atoms with Gasteiger partial charge >= 0.3 is 6.09 Å². The van der Waals surface area contributed by atoms with E-state index in [2.05, 4.69) is 5.32 Å². The first kappa shape index (κ1) is 11.7. The maximum Gasteiger partial charge on any atom is 0.410 e. The molecule has 0 bridgehead atoms. The van der Waals surface area contributed by atoms with Crippen molar-refractivity contribution in [3.8, 4) is 0 Å². The van der Waals surface area contributed by atoms with E-state index >= 15 is 0 Å². The zero-order chi connectivity index (χ0) is 11.8. The van der Waals surface area contributed by atoms with E-state index in [0.717, 1.165) is 32.5 Å². The molecule has 2 fully saturated rings. The Hall–Kier alpha value is -0.770. The van der Waals surface area contributed by atoms with Gasteiger partial charge in [-0.25, -0.2) is 4.79 Å². The smallest absolute Gasteiger partial charge is 0.410 e. The molecule has 92 valence electrons. The number of hydrogen-bond acceptors (Lipinski definition) is 3. The number of likely N-dealkylation sites (tertiary alicyclic amines) is 1. The predicted octanol–water partition coefficient (Wildman–Crippen LogP) is 1.61. The number of nitrogens with one attached hydrogen (secondary N) is 1. The Labute approximate surface area is 97.3 Å². The van der Waals surface area contributed by atoms with Crippen LogP contribution in [0.4, 0.5) is 4.79 Å². The van der Waals surface area contributed by atoms with Gasteiger partial charge in [0.1, 0.15) is 5.60 Å². The molecule has 16 heavy (non-hydrogen) atoms. The molecule has 0 aliphatic carbocycles. The zero-order valence-electron chi connectivity index (χ0n) is 10.5. The molecule has 0 radical (unpaired) electrons. The molecule has 0 spiro atoms. The van der Waals surface area contributed by atoms with Crippen molar-refractivity contribution in [3.63, 3.8) is 0 Å². The summed E-state index contributed by atoms with van der Waals surface area (Å²) in [5.41, 5.74) is -0.384. The van der Waals surface area contributed by atoms with Crippen molar-refractivity contribution in [2.45, 2.75) is 45.3 Å². The van der Waals surface area contributed by atoms with Crippen LogP contribution in [-0.2, 0) is 4.74 Å². The van der Waals surface area contributed by atoms with E-state index in [0.29, 0.717) is 12.0 Å². The Balaban J connectivity index is 1.90. The summed E-state index contributed by atoms with van der Waals surface area (Å²) in [4.78, 5) is 13.8. The molecule has 0 aromatic rings. The van der Waals surface area contributed by atoms with Crippen LogP contribution < -0.4 is 5.32 Å². The molecule has 2 rings (SSSR count). The van der Waals surface area contributed by atoms with Gasteiger partial charge in [-0.1, -0.05) is 0 Å². The summed E-state index contributed by atoms with van der Waals surface area (Å²) >= 11 is 0. The maximum atomic E-state index is 11.9. The van der Waals surface area contributed by atoms with E-state index in [1.807, 2.05) is 25.7 Å². The Kier molecular flexibility index (Phi) is 3.10. The number of carbonyl (C=O) groups excluding carboxylic acids is 1. The van der Waals surface area contributed by atoms with Crippen molar-refractivity contribution in [2.24, 2.45) is 5.92 Å². The Morgan fingerprint density at radius 1 is 1.44 bits per heavy atom.